The van der Waals surface area contributed by atoms with Crippen molar-refractivity contribution in [2.45, 2.75) is 25.9 Å². The van der Waals surface area contributed by atoms with E-state index in [4.69, 9.17) is 0 Å². The first kappa shape index (κ1) is 14.2. The van der Waals surface area contributed by atoms with E-state index in [2.05, 4.69) is 73.7 Å². The maximum absolute atomic E-state index is 10.2. The fourth-order valence-corrected chi connectivity index (χ4v) is 3.49. The van der Waals surface area contributed by atoms with Crippen molar-refractivity contribution in [1.82, 2.24) is 0 Å². The molecule has 0 aliphatic heterocycles. The van der Waals surface area contributed by atoms with Crippen molar-refractivity contribution in [3.05, 3.63) is 72.3 Å². The van der Waals surface area contributed by atoms with Crippen LogP contribution in [0.2, 0.25) is 0 Å². The Kier molecular flexibility index (Phi) is 3.51. The average molecular weight is 300 g/mol. The Balaban J connectivity index is 1.96. The molecular formula is C22H20O. The molecule has 0 saturated carbocycles. The Hall–Kier alpha value is -2.38. The van der Waals surface area contributed by atoms with Gasteiger partial charge in [0.1, 0.15) is 0 Å². The van der Waals surface area contributed by atoms with Crippen LogP contribution < -0.4 is 0 Å². The molecule has 0 saturated heterocycles. The molecule has 1 unspecified atom stereocenters. The van der Waals surface area contributed by atoms with Gasteiger partial charge >= 0.3 is 0 Å². The van der Waals surface area contributed by atoms with Gasteiger partial charge < -0.3 is 5.11 Å². The summed E-state index contributed by atoms with van der Waals surface area (Å²) < 4.78 is 0. The van der Waals surface area contributed by atoms with E-state index in [9.17, 15) is 5.11 Å². The highest BCUT2D eigenvalue weighted by atomic mass is 16.3. The van der Waals surface area contributed by atoms with Gasteiger partial charge in [0.15, 0.2) is 0 Å². The van der Waals surface area contributed by atoms with Crippen molar-refractivity contribution in [3.63, 3.8) is 0 Å². The molecule has 0 aromatic heterocycles. The number of aliphatic hydroxyl groups excluding tert-OH is 1. The molecule has 4 rings (SSSR count). The molecule has 0 aliphatic rings. The van der Waals surface area contributed by atoms with Crippen molar-refractivity contribution in [2.24, 2.45) is 0 Å². The van der Waals surface area contributed by atoms with Gasteiger partial charge in [-0.2, -0.15) is 0 Å². The molecule has 1 atom stereocenters. The summed E-state index contributed by atoms with van der Waals surface area (Å²) in [6.07, 6.45) is 1.43. The molecule has 4 aromatic rings. The maximum atomic E-state index is 10.2. The smallest absolute Gasteiger partial charge is 0.0790 e. The van der Waals surface area contributed by atoms with E-state index < -0.39 is 0 Å². The normalized spacial score (nSPS) is 13.0. The topological polar surface area (TPSA) is 20.2 Å². The lowest BCUT2D eigenvalue weighted by Crippen LogP contribution is -1.96. The Bertz CT molecular complexity index is 1000. The summed E-state index contributed by atoms with van der Waals surface area (Å²) in [4.78, 5) is 0. The Morgan fingerprint density at radius 3 is 2.17 bits per heavy atom. The van der Waals surface area contributed by atoms with Gasteiger partial charge in [-0.05, 0) is 50.4 Å². The molecule has 0 heterocycles. The summed E-state index contributed by atoms with van der Waals surface area (Å²) in [6.45, 7) is 2.10. The third-order valence-corrected chi connectivity index (χ3v) is 4.71. The molecule has 0 fully saturated rings. The van der Waals surface area contributed by atoms with E-state index in [0.29, 0.717) is 0 Å². The lowest BCUT2D eigenvalue weighted by atomic mass is 9.95. The zero-order valence-electron chi connectivity index (χ0n) is 13.3. The molecule has 4 aromatic carbocycles. The van der Waals surface area contributed by atoms with Crippen LogP contribution in [0.25, 0.3) is 32.3 Å². The minimum Gasteiger partial charge on any atom is -0.388 e. The number of benzene rings is 4. The van der Waals surface area contributed by atoms with Crippen LogP contribution in [0.15, 0.2) is 66.7 Å². The van der Waals surface area contributed by atoms with Crippen molar-refractivity contribution >= 4 is 32.3 Å². The monoisotopic (exact) mass is 300 g/mol. The molecule has 0 spiro atoms. The second-order valence-corrected chi connectivity index (χ2v) is 6.23. The Labute approximate surface area is 136 Å². The largest absolute Gasteiger partial charge is 0.388 e. The first-order valence-electron chi connectivity index (χ1n) is 8.30. The van der Waals surface area contributed by atoms with Gasteiger partial charge in [0.2, 0.25) is 0 Å². The second-order valence-electron chi connectivity index (χ2n) is 6.23. The minimum absolute atomic E-state index is 0.364. The number of aliphatic hydroxyl groups is 1. The van der Waals surface area contributed by atoms with Crippen LogP contribution in [0, 0.1) is 0 Å². The summed E-state index contributed by atoms with van der Waals surface area (Å²) in [6, 6.07) is 23.6. The van der Waals surface area contributed by atoms with Crippen molar-refractivity contribution < 1.29 is 5.11 Å². The zero-order valence-corrected chi connectivity index (χ0v) is 13.3. The van der Waals surface area contributed by atoms with E-state index in [-0.39, 0.29) is 6.10 Å². The summed E-state index contributed by atoms with van der Waals surface area (Å²) in [5.74, 6) is 0. The highest BCUT2D eigenvalue weighted by molar-refractivity contribution is 6.17. The van der Waals surface area contributed by atoms with Crippen LogP contribution in [-0.2, 0) is 0 Å². The van der Waals surface area contributed by atoms with E-state index in [1.165, 1.54) is 32.3 Å². The molecule has 0 bridgehead atoms. The summed E-state index contributed by atoms with van der Waals surface area (Å²) in [7, 11) is 0. The standard InChI is InChI=1S/C22H20O/c1-2-5-22(23)17-10-11-19-16(14-17)9-13-20-18-7-4-3-6-15(18)8-12-21(19)20/h3-4,6-14,22-23H,2,5H2,1H3. The van der Waals surface area contributed by atoms with Gasteiger partial charge in [-0.25, -0.2) is 0 Å². The van der Waals surface area contributed by atoms with E-state index >= 15 is 0 Å². The molecule has 1 N–H and O–H groups in total. The van der Waals surface area contributed by atoms with Crippen molar-refractivity contribution in [2.75, 3.05) is 0 Å². The number of hydrogen-bond donors (Lipinski definition) is 1. The van der Waals surface area contributed by atoms with Gasteiger partial charge in [0.25, 0.3) is 0 Å². The van der Waals surface area contributed by atoms with E-state index in [0.717, 1.165) is 18.4 Å². The number of fused-ring (bicyclic) bond motifs is 5. The highest BCUT2D eigenvalue weighted by Gasteiger charge is 2.09. The van der Waals surface area contributed by atoms with Crippen LogP contribution in [0.5, 0.6) is 0 Å². The van der Waals surface area contributed by atoms with E-state index in [1.54, 1.807) is 0 Å². The second kappa shape index (κ2) is 5.68. The number of rotatable bonds is 3. The zero-order chi connectivity index (χ0) is 15.8. The maximum Gasteiger partial charge on any atom is 0.0790 e. The number of hydrogen-bond acceptors (Lipinski definition) is 1. The lowest BCUT2D eigenvalue weighted by Gasteiger charge is -2.12. The van der Waals surface area contributed by atoms with Crippen LogP contribution in [-0.4, -0.2) is 5.11 Å². The van der Waals surface area contributed by atoms with Crippen LogP contribution in [0.3, 0.4) is 0 Å². The summed E-state index contributed by atoms with van der Waals surface area (Å²) in [5, 5.41) is 17.8. The van der Waals surface area contributed by atoms with Crippen LogP contribution >= 0.6 is 0 Å². The molecule has 0 radical (unpaired) electrons. The van der Waals surface area contributed by atoms with Crippen LogP contribution in [0.4, 0.5) is 0 Å². The molecule has 1 heteroatoms. The Morgan fingerprint density at radius 1 is 0.739 bits per heavy atom. The van der Waals surface area contributed by atoms with Gasteiger partial charge in [-0.15, -0.1) is 0 Å². The quantitative estimate of drug-likeness (QED) is 0.461. The van der Waals surface area contributed by atoms with Gasteiger partial charge in [0.05, 0.1) is 6.10 Å². The molecule has 0 amide bonds. The fraction of sp³-hybridized carbons (Fsp3) is 0.182. The van der Waals surface area contributed by atoms with Crippen molar-refractivity contribution in [1.29, 1.82) is 0 Å². The summed E-state index contributed by atoms with van der Waals surface area (Å²) in [5.41, 5.74) is 1.01. The van der Waals surface area contributed by atoms with Crippen LogP contribution in [0.1, 0.15) is 31.4 Å². The third kappa shape index (κ3) is 2.38. The molecule has 0 aliphatic carbocycles. The molecule has 114 valence electrons. The molecule has 23 heavy (non-hydrogen) atoms. The summed E-state index contributed by atoms with van der Waals surface area (Å²) >= 11 is 0. The average Bonchev–Trinajstić information content (AvgIpc) is 2.60. The van der Waals surface area contributed by atoms with E-state index in [1.807, 2.05) is 0 Å². The molecule has 1 nitrogen and oxygen atoms in total. The SMILES string of the molecule is CCCC(O)c1ccc2c(ccc3c4ccccc4ccc23)c1. The third-order valence-electron chi connectivity index (χ3n) is 4.71. The first-order valence-corrected chi connectivity index (χ1v) is 8.30. The Morgan fingerprint density at radius 2 is 1.39 bits per heavy atom. The predicted molar refractivity (Wildman–Crippen MR) is 98.8 cm³/mol. The fourth-order valence-electron chi connectivity index (χ4n) is 3.49. The minimum atomic E-state index is -0.364. The highest BCUT2D eigenvalue weighted by Crippen LogP contribution is 2.32. The van der Waals surface area contributed by atoms with Crippen molar-refractivity contribution in [3.8, 4) is 0 Å². The van der Waals surface area contributed by atoms with Gasteiger partial charge in [-0.3, -0.25) is 0 Å². The first-order chi connectivity index (χ1) is 11.3. The van der Waals surface area contributed by atoms with Gasteiger partial charge in [-0.1, -0.05) is 74.0 Å². The van der Waals surface area contributed by atoms with Gasteiger partial charge in [0, 0.05) is 0 Å². The molecular weight excluding hydrogens is 280 g/mol. The predicted octanol–water partition coefficient (Wildman–Crippen LogP) is 5.98. The lowest BCUT2D eigenvalue weighted by molar-refractivity contribution is 0.166.